The second-order valence-corrected chi connectivity index (χ2v) is 2.79. The zero-order valence-electron chi connectivity index (χ0n) is 7.10. The number of aromatic nitrogens is 2. The van der Waals surface area contributed by atoms with Gasteiger partial charge < -0.3 is 5.21 Å². The van der Waals surface area contributed by atoms with E-state index in [0.29, 0.717) is 11.2 Å². The molecule has 64 valence electrons. The van der Waals surface area contributed by atoms with Crippen LogP contribution in [0, 0.1) is 11.3 Å². The molecule has 0 aliphatic carbocycles. The maximum absolute atomic E-state index is 9.54. The van der Waals surface area contributed by atoms with E-state index in [1.54, 1.807) is 19.2 Å². The number of benzene rings is 1. The molecule has 2 rings (SSSR count). The molecule has 0 aliphatic heterocycles. The Morgan fingerprint density at radius 2 is 2.15 bits per heavy atom. The molecule has 1 N–H and O–H groups in total. The first-order chi connectivity index (χ1) is 6.25. The van der Waals surface area contributed by atoms with E-state index >= 15 is 0 Å². The minimum atomic E-state index is 0.457. The van der Waals surface area contributed by atoms with Crippen molar-refractivity contribution < 1.29 is 9.89 Å². The molecule has 2 aromatic rings. The number of hydrogen-bond donors (Lipinski definition) is 1. The van der Waals surface area contributed by atoms with Crippen LogP contribution < -0.4 is 4.68 Å². The predicted octanol–water partition coefficient (Wildman–Crippen LogP) is 0.575. The van der Waals surface area contributed by atoms with E-state index in [-0.39, 0.29) is 0 Å². The monoisotopic (exact) mass is 174 g/mol. The Kier molecular flexibility index (Phi) is 1.46. The van der Waals surface area contributed by atoms with E-state index in [1.807, 2.05) is 18.2 Å². The van der Waals surface area contributed by atoms with Crippen molar-refractivity contribution in [2.75, 3.05) is 0 Å². The van der Waals surface area contributed by atoms with Gasteiger partial charge >= 0.3 is 5.69 Å². The topological polar surface area (TPSA) is 52.8 Å². The lowest BCUT2D eigenvalue weighted by Gasteiger charge is -1.86. The van der Waals surface area contributed by atoms with Crippen molar-refractivity contribution in [2.24, 2.45) is 7.05 Å². The molecule has 0 amide bonds. The van der Waals surface area contributed by atoms with Crippen molar-refractivity contribution in [2.45, 2.75) is 0 Å². The van der Waals surface area contributed by atoms with Crippen LogP contribution in [-0.4, -0.2) is 10.1 Å². The zero-order valence-corrected chi connectivity index (χ0v) is 7.10. The summed E-state index contributed by atoms with van der Waals surface area (Å²) in [6, 6.07) is 9.26. The second kappa shape index (κ2) is 2.49. The second-order valence-electron chi connectivity index (χ2n) is 2.79. The number of fused-ring (bicyclic) bond motifs is 1. The fourth-order valence-corrected chi connectivity index (χ4v) is 1.41. The fourth-order valence-electron chi connectivity index (χ4n) is 1.41. The molecule has 0 saturated heterocycles. The van der Waals surface area contributed by atoms with Crippen molar-refractivity contribution >= 4 is 10.9 Å². The molecule has 0 spiro atoms. The van der Waals surface area contributed by atoms with Crippen molar-refractivity contribution in [3.05, 3.63) is 30.0 Å². The third kappa shape index (κ3) is 0.873. The Morgan fingerprint density at radius 3 is 2.85 bits per heavy atom. The lowest BCUT2D eigenvalue weighted by molar-refractivity contribution is -0.779. The average molecular weight is 174 g/mol. The summed E-state index contributed by atoms with van der Waals surface area (Å²) >= 11 is 0. The van der Waals surface area contributed by atoms with Gasteiger partial charge in [0.1, 0.15) is 0 Å². The highest BCUT2D eigenvalue weighted by Crippen LogP contribution is 2.14. The summed E-state index contributed by atoms with van der Waals surface area (Å²) in [5.41, 5.74) is 1.10. The lowest BCUT2D eigenvalue weighted by Crippen LogP contribution is -2.40. The Labute approximate surface area is 74.8 Å². The van der Waals surface area contributed by atoms with E-state index in [0.717, 1.165) is 10.2 Å². The van der Waals surface area contributed by atoms with Gasteiger partial charge in [-0.05, 0) is 12.1 Å². The maximum atomic E-state index is 9.54. The van der Waals surface area contributed by atoms with Crippen LogP contribution in [0.5, 0.6) is 0 Å². The van der Waals surface area contributed by atoms with Crippen LogP contribution in [-0.2, 0) is 7.05 Å². The van der Waals surface area contributed by atoms with Gasteiger partial charge in [-0.3, -0.25) is 0 Å². The fraction of sp³-hybridized carbons (Fsp3) is 0.111. The summed E-state index contributed by atoms with van der Waals surface area (Å²) in [7, 11) is 1.64. The minimum absolute atomic E-state index is 0.457. The van der Waals surface area contributed by atoms with E-state index in [9.17, 15) is 5.21 Å². The van der Waals surface area contributed by atoms with Crippen LogP contribution in [0.3, 0.4) is 0 Å². The molecular formula is C9H8N3O+. The largest absolute Gasteiger partial charge is 0.383 e. The van der Waals surface area contributed by atoms with Crippen molar-refractivity contribution in [1.29, 1.82) is 5.26 Å². The molecule has 1 heterocycles. The first-order valence-electron chi connectivity index (χ1n) is 3.85. The van der Waals surface area contributed by atoms with Gasteiger partial charge in [0.15, 0.2) is 18.6 Å². The molecule has 0 radical (unpaired) electrons. The van der Waals surface area contributed by atoms with Crippen molar-refractivity contribution in [3.63, 3.8) is 0 Å². The summed E-state index contributed by atoms with van der Waals surface area (Å²) in [6.07, 6.45) is 0. The van der Waals surface area contributed by atoms with Gasteiger partial charge in [-0.15, -0.1) is 0 Å². The smallest absolute Gasteiger partial charge is 0.319 e. The van der Waals surface area contributed by atoms with Crippen LogP contribution in [0.4, 0.5) is 0 Å². The van der Waals surface area contributed by atoms with Crippen LogP contribution in [0.1, 0.15) is 5.69 Å². The quantitative estimate of drug-likeness (QED) is 0.469. The normalized spacial score (nSPS) is 10.2. The Bertz CT molecular complexity index is 507. The number of para-hydroxylation sites is 1. The zero-order chi connectivity index (χ0) is 9.42. The highest BCUT2D eigenvalue weighted by atomic mass is 16.5. The summed E-state index contributed by atoms with van der Waals surface area (Å²) in [5, 5.41) is 19.1. The molecule has 13 heavy (non-hydrogen) atoms. The molecule has 4 heteroatoms. The molecule has 4 nitrogen and oxygen atoms in total. The Balaban J connectivity index is 3.00. The first kappa shape index (κ1) is 7.62. The Hall–Kier alpha value is -2.02. The number of nitriles is 1. The molecule has 0 fully saturated rings. The first-order valence-corrected chi connectivity index (χ1v) is 3.85. The van der Waals surface area contributed by atoms with Crippen LogP contribution in [0.15, 0.2) is 24.3 Å². The lowest BCUT2D eigenvalue weighted by atomic mass is 10.2. The van der Waals surface area contributed by atoms with Gasteiger partial charge in [-0.2, -0.15) is 5.26 Å². The molecule has 0 aliphatic rings. The molecular weight excluding hydrogens is 166 g/mol. The van der Waals surface area contributed by atoms with E-state index in [4.69, 9.17) is 5.26 Å². The van der Waals surface area contributed by atoms with Gasteiger partial charge in [-0.25, -0.2) is 0 Å². The van der Waals surface area contributed by atoms with Crippen LogP contribution in [0.25, 0.3) is 10.9 Å². The Morgan fingerprint density at radius 1 is 1.46 bits per heavy atom. The highest BCUT2D eigenvalue weighted by molar-refractivity contribution is 5.82. The number of rotatable bonds is 0. The standard InChI is InChI=1S/C9H8N3O/c1-11-9(6-10)7-4-2-3-5-8(7)12(11)13/h2-5,13H,1H3/q+1. The SMILES string of the molecule is C[n+]1c(C#N)c2ccccc2n1O. The maximum Gasteiger partial charge on any atom is 0.319 e. The predicted molar refractivity (Wildman–Crippen MR) is 45.0 cm³/mol. The molecule has 1 aromatic carbocycles. The van der Waals surface area contributed by atoms with Crippen molar-refractivity contribution in [3.8, 4) is 6.07 Å². The molecule has 0 unspecified atom stereocenters. The third-order valence-electron chi connectivity index (χ3n) is 2.09. The van der Waals surface area contributed by atoms with E-state index in [1.165, 1.54) is 4.68 Å². The minimum Gasteiger partial charge on any atom is -0.383 e. The molecule has 0 atom stereocenters. The molecule has 0 saturated carbocycles. The molecule has 1 aromatic heterocycles. The van der Waals surface area contributed by atoms with Gasteiger partial charge in [0.25, 0.3) is 0 Å². The summed E-state index contributed by atoms with van der Waals surface area (Å²) in [4.78, 5) is 0.966. The van der Waals surface area contributed by atoms with E-state index < -0.39 is 0 Å². The van der Waals surface area contributed by atoms with Gasteiger partial charge in [0.2, 0.25) is 0 Å². The van der Waals surface area contributed by atoms with Gasteiger partial charge in [-0.1, -0.05) is 16.8 Å². The molecule has 0 bridgehead atoms. The van der Waals surface area contributed by atoms with Crippen LogP contribution >= 0.6 is 0 Å². The van der Waals surface area contributed by atoms with Gasteiger partial charge in [0, 0.05) is 4.85 Å². The summed E-state index contributed by atoms with van der Waals surface area (Å²) < 4.78 is 1.41. The summed E-state index contributed by atoms with van der Waals surface area (Å²) in [6.45, 7) is 0. The van der Waals surface area contributed by atoms with Crippen LogP contribution in [0.2, 0.25) is 0 Å². The van der Waals surface area contributed by atoms with E-state index in [2.05, 4.69) is 0 Å². The van der Waals surface area contributed by atoms with Gasteiger partial charge in [0.05, 0.1) is 5.39 Å². The number of hydrogen-bond acceptors (Lipinski definition) is 2. The van der Waals surface area contributed by atoms with Crippen molar-refractivity contribution in [1.82, 2.24) is 4.85 Å². The number of nitrogens with zero attached hydrogens (tertiary/aromatic N) is 3. The average Bonchev–Trinajstić information content (AvgIpc) is 2.41. The highest BCUT2D eigenvalue weighted by Gasteiger charge is 2.20. The summed E-state index contributed by atoms with van der Waals surface area (Å²) in [5.74, 6) is 0. The third-order valence-corrected chi connectivity index (χ3v) is 2.09.